The van der Waals surface area contributed by atoms with Gasteiger partial charge in [0.05, 0.1) is 10.9 Å². The van der Waals surface area contributed by atoms with Crippen molar-refractivity contribution in [1.29, 1.82) is 0 Å². The zero-order chi connectivity index (χ0) is 17.9. The molecule has 0 bridgehead atoms. The molecule has 1 aliphatic heterocycles. The summed E-state index contributed by atoms with van der Waals surface area (Å²) in [7, 11) is 0. The molecule has 3 amide bonds. The van der Waals surface area contributed by atoms with Crippen LogP contribution in [0.2, 0.25) is 5.02 Å². The third-order valence-electron chi connectivity index (χ3n) is 3.33. The van der Waals surface area contributed by atoms with E-state index in [-0.39, 0.29) is 18.1 Å². The molecule has 128 valence electrons. The van der Waals surface area contributed by atoms with E-state index < -0.39 is 29.1 Å². The van der Waals surface area contributed by atoms with E-state index in [1.807, 2.05) is 0 Å². The molecule has 1 aromatic carbocycles. The molecule has 2 N–H and O–H groups in total. The average molecular weight is 371 g/mol. The van der Waals surface area contributed by atoms with Crippen LogP contribution in [0.4, 0.5) is 5.69 Å². The number of anilines is 1. The summed E-state index contributed by atoms with van der Waals surface area (Å²) < 4.78 is 0. The van der Waals surface area contributed by atoms with Gasteiger partial charge in [0.15, 0.2) is 0 Å². The fourth-order valence-electron chi connectivity index (χ4n) is 2.23. The quantitative estimate of drug-likeness (QED) is 0.731. The van der Waals surface area contributed by atoms with Gasteiger partial charge in [-0.1, -0.05) is 11.6 Å². The highest BCUT2D eigenvalue weighted by Gasteiger charge is 2.40. The average Bonchev–Trinajstić information content (AvgIpc) is 2.78. The summed E-state index contributed by atoms with van der Waals surface area (Å²) in [5.74, 6) is -2.43. The number of halogens is 1. The minimum atomic E-state index is -1.19. The molecule has 7 nitrogen and oxygen atoms in total. The van der Waals surface area contributed by atoms with E-state index in [9.17, 15) is 19.2 Å². The molecule has 1 saturated heterocycles. The Morgan fingerprint density at radius 2 is 2.00 bits per heavy atom. The zero-order valence-corrected chi connectivity index (χ0v) is 14.3. The molecule has 24 heavy (non-hydrogen) atoms. The number of thioether (sulfide) groups is 1. The summed E-state index contributed by atoms with van der Waals surface area (Å²) in [6.45, 7) is 1.22. The van der Waals surface area contributed by atoms with Crippen molar-refractivity contribution in [3.63, 3.8) is 0 Å². The highest BCUT2D eigenvalue weighted by molar-refractivity contribution is 8.00. The molecule has 0 aromatic heterocycles. The number of carbonyl (C=O) groups excluding carboxylic acids is 3. The number of hydrogen-bond acceptors (Lipinski definition) is 5. The number of carbonyl (C=O) groups is 4. The monoisotopic (exact) mass is 370 g/mol. The highest BCUT2D eigenvalue weighted by atomic mass is 35.5. The van der Waals surface area contributed by atoms with Gasteiger partial charge in [0.2, 0.25) is 17.7 Å². The van der Waals surface area contributed by atoms with Crippen LogP contribution in [0.15, 0.2) is 24.3 Å². The van der Waals surface area contributed by atoms with E-state index in [2.05, 4.69) is 5.32 Å². The Bertz CT molecular complexity index is 679. The first-order valence-electron chi connectivity index (χ1n) is 7.03. The Morgan fingerprint density at radius 3 is 2.54 bits per heavy atom. The Balaban J connectivity index is 2.04. The number of nitrogens with zero attached hydrogens (tertiary/aromatic N) is 1. The van der Waals surface area contributed by atoms with Gasteiger partial charge in [-0.2, -0.15) is 0 Å². The van der Waals surface area contributed by atoms with Gasteiger partial charge < -0.3 is 10.4 Å². The first-order chi connectivity index (χ1) is 11.3. The normalized spacial score (nSPS) is 18.6. The summed E-state index contributed by atoms with van der Waals surface area (Å²) in [4.78, 5) is 47.7. The molecule has 0 aliphatic carbocycles. The molecule has 1 aliphatic rings. The van der Waals surface area contributed by atoms with Crippen LogP contribution in [0.25, 0.3) is 0 Å². The lowest BCUT2D eigenvalue weighted by molar-refractivity contribution is -0.140. The molecule has 0 spiro atoms. The molecule has 9 heteroatoms. The molecule has 2 rings (SSSR count). The predicted octanol–water partition coefficient (Wildman–Crippen LogP) is 1.29. The fourth-order valence-corrected chi connectivity index (χ4v) is 3.51. The smallest absolute Gasteiger partial charge is 0.327 e. The van der Waals surface area contributed by atoms with Crippen LogP contribution < -0.4 is 10.2 Å². The largest absolute Gasteiger partial charge is 0.480 e. The van der Waals surface area contributed by atoms with Gasteiger partial charge in [-0.15, -0.1) is 11.8 Å². The number of hydrogen-bond donors (Lipinski definition) is 2. The Labute approximate surface area is 147 Å². The summed E-state index contributed by atoms with van der Waals surface area (Å²) in [6, 6.07) is 5.19. The van der Waals surface area contributed by atoms with Crippen LogP contribution >= 0.6 is 23.4 Å². The van der Waals surface area contributed by atoms with Crippen molar-refractivity contribution in [3.8, 4) is 0 Å². The van der Waals surface area contributed by atoms with Gasteiger partial charge in [0.25, 0.3) is 0 Å². The predicted molar refractivity (Wildman–Crippen MR) is 90.0 cm³/mol. The minimum Gasteiger partial charge on any atom is -0.480 e. The van der Waals surface area contributed by atoms with E-state index in [0.29, 0.717) is 10.7 Å². The topological polar surface area (TPSA) is 104 Å². The highest BCUT2D eigenvalue weighted by Crippen LogP contribution is 2.30. The van der Waals surface area contributed by atoms with Crippen LogP contribution in [0.3, 0.4) is 0 Å². The van der Waals surface area contributed by atoms with Crippen LogP contribution in [0.1, 0.15) is 13.3 Å². The molecular weight excluding hydrogens is 356 g/mol. The minimum absolute atomic E-state index is 0.00689. The van der Waals surface area contributed by atoms with E-state index in [1.54, 1.807) is 24.3 Å². The zero-order valence-electron chi connectivity index (χ0n) is 12.7. The lowest BCUT2D eigenvalue weighted by Crippen LogP contribution is -2.42. The van der Waals surface area contributed by atoms with Gasteiger partial charge >= 0.3 is 5.97 Å². The van der Waals surface area contributed by atoms with Gasteiger partial charge in [0.1, 0.15) is 6.04 Å². The van der Waals surface area contributed by atoms with Gasteiger partial charge in [-0.05, 0) is 24.3 Å². The van der Waals surface area contributed by atoms with E-state index >= 15 is 0 Å². The fraction of sp³-hybridized carbons (Fsp3) is 0.333. The standard InChI is InChI=1S/C15H15ClN2O5S/c1-8(19)17-11(15(22)23)7-24-12-6-13(20)18(14(12)21)10-4-2-9(16)3-5-10/h2-5,11-12H,6-7H2,1H3,(H,17,19)(H,22,23)/t11-,12-/m0/s1. The number of amides is 3. The molecule has 1 heterocycles. The van der Waals surface area contributed by atoms with Crippen LogP contribution in [0.5, 0.6) is 0 Å². The van der Waals surface area contributed by atoms with Crippen LogP contribution in [-0.2, 0) is 19.2 Å². The van der Waals surface area contributed by atoms with Gasteiger partial charge in [0, 0.05) is 24.1 Å². The number of nitrogens with one attached hydrogen (secondary N) is 1. The summed E-state index contributed by atoms with van der Waals surface area (Å²) in [5.41, 5.74) is 0.425. The van der Waals surface area contributed by atoms with Crippen LogP contribution in [-0.4, -0.2) is 45.8 Å². The Morgan fingerprint density at radius 1 is 1.38 bits per heavy atom. The van der Waals surface area contributed by atoms with E-state index in [4.69, 9.17) is 16.7 Å². The number of imide groups is 1. The summed E-state index contributed by atoms with van der Waals surface area (Å²) >= 11 is 6.84. The summed E-state index contributed by atoms with van der Waals surface area (Å²) in [6.07, 6.45) is -0.0153. The second-order valence-corrected chi connectivity index (χ2v) is 6.83. The maximum Gasteiger partial charge on any atom is 0.327 e. The molecule has 2 atom stereocenters. The first-order valence-corrected chi connectivity index (χ1v) is 8.46. The molecule has 0 radical (unpaired) electrons. The number of carboxylic acids is 1. The first kappa shape index (κ1) is 18.3. The summed E-state index contributed by atoms with van der Waals surface area (Å²) in [5, 5.41) is 11.2. The van der Waals surface area contributed by atoms with Crippen molar-refractivity contribution in [2.45, 2.75) is 24.6 Å². The Hall–Kier alpha value is -2.06. The van der Waals surface area contributed by atoms with Crippen LogP contribution in [0, 0.1) is 0 Å². The van der Waals surface area contributed by atoms with E-state index in [1.165, 1.54) is 6.92 Å². The Kier molecular flexibility index (Phi) is 5.84. The lowest BCUT2D eigenvalue weighted by Gasteiger charge is -2.16. The van der Waals surface area contributed by atoms with Crippen molar-refractivity contribution in [1.82, 2.24) is 5.32 Å². The van der Waals surface area contributed by atoms with Crippen molar-refractivity contribution in [3.05, 3.63) is 29.3 Å². The van der Waals surface area contributed by atoms with Gasteiger partial charge in [-0.25, -0.2) is 9.69 Å². The second-order valence-electron chi connectivity index (χ2n) is 5.16. The molecule has 0 saturated carbocycles. The second kappa shape index (κ2) is 7.67. The third kappa shape index (κ3) is 4.27. The SMILES string of the molecule is CC(=O)N[C@@H](CS[C@H]1CC(=O)N(c2ccc(Cl)cc2)C1=O)C(=O)O. The number of aliphatic carboxylic acids is 1. The van der Waals surface area contributed by atoms with Crippen molar-refractivity contribution < 1.29 is 24.3 Å². The van der Waals surface area contributed by atoms with E-state index in [0.717, 1.165) is 16.7 Å². The molecule has 1 aromatic rings. The van der Waals surface area contributed by atoms with Crippen molar-refractivity contribution in [2.24, 2.45) is 0 Å². The van der Waals surface area contributed by atoms with Gasteiger partial charge in [-0.3, -0.25) is 14.4 Å². The maximum atomic E-state index is 12.4. The lowest BCUT2D eigenvalue weighted by atomic mass is 10.3. The molecule has 0 unspecified atom stereocenters. The number of rotatable bonds is 6. The maximum absolute atomic E-state index is 12.4. The number of benzene rings is 1. The number of carboxylic acid groups (broad SMARTS) is 1. The molecule has 1 fully saturated rings. The third-order valence-corrected chi connectivity index (χ3v) is 4.88. The van der Waals surface area contributed by atoms with Crippen molar-refractivity contribution >= 4 is 52.7 Å². The van der Waals surface area contributed by atoms with Crippen molar-refractivity contribution in [2.75, 3.05) is 10.7 Å². The molecular formula is C15H15ClN2O5S.